The maximum Gasteiger partial charge on any atom is 0.407 e. The molecule has 8 heteroatoms. The van der Waals surface area contributed by atoms with Gasteiger partial charge in [-0.2, -0.15) is 0 Å². The van der Waals surface area contributed by atoms with Crippen LogP contribution in [0.25, 0.3) is 0 Å². The van der Waals surface area contributed by atoms with Crippen LogP contribution in [0.15, 0.2) is 0 Å². The summed E-state index contributed by atoms with van der Waals surface area (Å²) in [6.07, 6.45) is -0.800. The van der Waals surface area contributed by atoms with E-state index in [4.69, 9.17) is 4.74 Å². The van der Waals surface area contributed by atoms with Gasteiger partial charge in [0.05, 0.1) is 5.92 Å². The monoisotopic (exact) mass is 286 g/mol. The van der Waals surface area contributed by atoms with Gasteiger partial charge in [0.2, 0.25) is 0 Å². The second kappa shape index (κ2) is 5.89. The first-order chi connectivity index (χ1) is 9.10. The van der Waals surface area contributed by atoms with Crippen molar-refractivity contribution in [2.45, 2.75) is 39.7 Å². The third-order valence-corrected chi connectivity index (χ3v) is 2.31. The fraction of sp³-hybridized carbons (Fsp3) is 0.667. The number of alkyl carbamates (subject to hydrolysis) is 1. The molecule has 0 spiro atoms. The van der Waals surface area contributed by atoms with Gasteiger partial charge in [0.25, 0.3) is 11.8 Å². The van der Waals surface area contributed by atoms with Gasteiger partial charge in [-0.3, -0.25) is 9.59 Å². The topological polar surface area (TPSA) is 102 Å². The Bertz CT molecular complexity index is 440. The van der Waals surface area contributed by atoms with Crippen molar-refractivity contribution in [2.24, 2.45) is 5.92 Å². The smallest absolute Gasteiger partial charge is 0.407 e. The van der Waals surface area contributed by atoms with Gasteiger partial charge in [-0.25, -0.2) is 9.59 Å². The van der Waals surface area contributed by atoms with Crippen molar-refractivity contribution in [3.05, 3.63) is 0 Å². The number of ether oxygens (including phenoxy) is 1. The Labute approximate surface area is 116 Å². The SMILES string of the molecule is CC(=O)ON1C(=O)CC(CNC(=O)OC(C)(C)C)C1=O. The van der Waals surface area contributed by atoms with E-state index in [-0.39, 0.29) is 13.0 Å². The van der Waals surface area contributed by atoms with Crippen molar-refractivity contribution in [3.63, 3.8) is 0 Å². The van der Waals surface area contributed by atoms with Crippen molar-refractivity contribution in [2.75, 3.05) is 6.54 Å². The molecule has 1 aliphatic rings. The molecule has 0 aliphatic carbocycles. The number of imide groups is 1. The predicted octanol–water partition coefficient (Wildman–Crippen LogP) is 0.364. The molecule has 0 aromatic carbocycles. The molecule has 3 amide bonds. The molecular weight excluding hydrogens is 268 g/mol. The third kappa shape index (κ3) is 4.52. The number of nitrogens with zero attached hydrogens (tertiary/aromatic N) is 1. The van der Waals surface area contributed by atoms with Crippen LogP contribution in [0.4, 0.5) is 4.79 Å². The van der Waals surface area contributed by atoms with Gasteiger partial charge in [-0.1, -0.05) is 0 Å². The lowest BCUT2D eigenvalue weighted by Crippen LogP contribution is -2.38. The minimum absolute atomic E-state index is 0.0583. The number of carbonyl (C=O) groups excluding carboxylic acids is 4. The summed E-state index contributed by atoms with van der Waals surface area (Å²) in [5, 5.41) is 2.84. The Morgan fingerprint density at radius 1 is 1.35 bits per heavy atom. The van der Waals surface area contributed by atoms with Gasteiger partial charge in [0, 0.05) is 19.9 Å². The molecule has 1 heterocycles. The fourth-order valence-electron chi connectivity index (χ4n) is 1.57. The Morgan fingerprint density at radius 3 is 2.45 bits per heavy atom. The number of carbonyl (C=O) groups is 4. The standard InChI is InChI=1S/C12H18N2O6/c1-7(15)20-14-9(16)5-8(10(14)17)6-13-11(18)19-12(2,3)4/h8H,5-6H2,1-4H3,(H,13,18). The van der Waals surface area contributed by atoms with Gasteiger partial charge in [-0.05, 0) is 20.8 Å². The zero-order valence-electron chi connectivity index (χ0n) is 11.9. The van der Waals surface area contributed by atoms with Crippen LogP contribution in [0.3, 0.4) is 0 Å². The molecule has 1 N–H and O–H groups in total. The number of hydroxylamine groups is 2. The molecule has 0 saturated carbocycles. The molecule has 20 heavy (non-hydrogen) atoms. The zero-order chi connectivity index (χ0) is 15.5. The quantitative estimate of drug-likeness (QED) is 0.752. The summed E-state index contributed by atoms with van der Waals surface area (Å²) >= 11 is 0. The maximum atomic E-state index is 11.8. The highest BCUT2D eigenvalue weighted by atomic mass is 16.7. The summed E-state index contributed by atoms with van der Waals surface area (Å²) < 4.78 is 5.01. The predicted molar refractivity (Wildman–Crippen MR) is 66.0 cm³/mol. The van der Waals surface area contributed by atoms with E-state index in [1.54, 1.807) is 20.8 Å². The molecule has 1 fully saturated rings. The minimum Gasteiger partial charge on any atom is -0.444 e. The van der Waals surface area contributed by atoms with Crippen LogP contribution in [0.5, 0.6) is 0 Å². The number of rotatable bonds is 3. The molecular formula is C12H18N2O6. The number of hydrogen-bond acceptors (Lipinski definition) is 6. The molecule has 0 bridgehead atoms. The number of amides is 3. The second-order valence-electron chi connectivity index (χ2n) is 5.39. The van der Waals surface area contributed by atoms with Crippen LogP contribution < -0.4 is 5.32 Å². The van der Waals surface area contributed by atoms with Gasteiger partial charge < -0.3 is 14.9 Å². The van der Waals surface area contributed by atoms with Gasteiger partial charge in [0.1, 0.15) is 5.60 Å². The van der Waals surface area contributed by atoms with E-state index >= 15 is 0 Å². The average molecular weight is 286 g/mol. The summed E-state index contributed by atoms with van der Waals surface area (Å²) in [4.78, 5) is 50.0. The highest BCUT2D eigenvalue weighted by molar-refractivity contribution is 6.03. The van der Waals surface area contributed by atoms with Gasteiger partial charge in [0.15, 0.2) is 0 Å². The van der Waals surface area contributed by atoms with Crippen LogP contribution in [-0.4, -0.2) is 41.1 Å². The highest BCUT2D eigenvalue weighted by Crippen LogP contribution is 2.19. The van der Waals surface area contributed by atoms with Crippen LogP contribution >= 0.6 is 0 Å². The van der Waals surface area contributed by atoms with Gasteiger partial charge in [-0.15, -0.1) is 5.06 Å². The van der Waals surface area contributed by atoms with E-state index in [0.29, 0.717) is 5.06 Å². The first kappa shape index (κ1) is 15.9. The molecule has 1 atom stereocenters. The van der Waals surface area contributed by atoms with Crippen molar-refractivity contribution < 1.29 is 28.8 Å². The van der Waals surface area contributed by atoms with Gasteiger partial charge >= 0.3 is 12.1 Å². The fourth-order valence-corrected chi connectivity index (χ4v) is 1.57. The molecule has 0 aromatic rings. The first-order valence-corrected chi connectivity index (χ1v) is 6.12. The molecule has 112 valence electrons. The zero-order valence-corrected chi connectivity index (χ0v) is 11.9. The Hall–Kier alpha value is -2.12. The second-order valence-corrected chi connectivity index (χ2v) is 5.39. The van der Waals surface area contributed by atoms with E-state index in [0.717, 1.165) is 6.92 Å². The minimum atomic E-state index is -0.757. The van der Waals surface area contributed by atoms with Crippen molar-refractivity contribution >= 4 is 23.9 Å². The molecule has 1 rings (SSSR count). The molecule has 8 nitrogen and oxygen atoms in total. The van der Waals surface area contributed by atoms with E-state index < -0.39 is 35.4 Å². The van der Waals surface area contributed by atoms with Crippen LogP contribution in [0, 0.1) is 5.92 Å². The average Bonchev–Trinajstić information content (AvgIpc) is 2.51. The summed E-state index contributed by atoms with van der Waals surface area (Å²) in [6, 6.07) is 0. The Morgan fingerprint density at radius 2 is 1.95 bits per heavy atom. The van der Waals surface area contributed by atoms with Crippen molar-refractivity contribution in [3.8, 4) is 0 Å². The van der Waals surface area contributed by atoms with E-state index in [9.17, 15) is 19.2 Å². The normalized spacial score (nSPS) is 19.0. The lowest BCUT2D eigenvalue weighted by molar-refractivity contribution is -0.196. The maximum absolute atomic E-state index is 11.8. The molecule has 0 aromatic heterocycles. The summed E-state index contributed by atoms with van der Waals surface area (Å²) in [7, 11) is 0. The van der Waals surface area contributed by atoms with Crippen molar-refractivity contribution in [1.29, 1.82) is 0 Å². The largest absolute Gasteiger partial charge is 0.444 e. The van der Waals surface area contributed by atoms with E-state index in [1.165, 1.54) is 0 Å². The third-order valence-electron chi connectivity index (χ3n) is 2.31. The Kier molecular flexibility index (Phi) is 4.69. The van der Waals surface area contributed by atoms with Crippen LogP contribution in [-0.2, 0) is 24.0 Å². The number of nitrogens with one attached hydrogen (secondary N) is 1. The van der Waals surface area contributed by atoms with E-state index in [2.05, 4.69) is 10.2 Å². The first-order valence-electron chi connectivity index (χ1n) is 6.12. The van der Waals surface area contributed by atoms with Crippen LogP contribution in [0.1, 0.15) is 34.1 Å². The molecule has 1 unspecified atom stereocenters. The summed E-state index contributed by atoms with van der Waals surface area (Å²) in [6.45, 7) is 6.15. The molecule has 1 aliphatic heterocycles. The lowest BCUT2D eigenvalue weighted by Gasteiger charge is -2.20. The van der Waals surface area contributed by atoms with Crippen LogP contribution in [0.2, 0.25) is 0 Å². The van der Waals surface area contributed by atoms with Crippen molar-refractivity contribution in [1.82, 2.24) is 10.4 Å². The highest BCUT2D eigenvalue weighted by Gasteiger charge is 2.41. The molecule has 0 radical (unpaired) electrons. The summed E-state index contributed by atoms with van der Waals surface area (Å²) in [5.74, 6) is -2.77. The Balaban J connectivity index is 2.50. The van der Waals surface area contributed by atoms with E-state index in [1.807, 2.05) is 0 Å². The molecule has 1 saturated heterocycles. The number of hydrogen-bond donors (Lipinski definition) is 1. The summed E-state index contributed by atoms with van der Waals surface area (Å²) in [5.41, 5.74) is -0.649. The lowest BCUT2D eigenvalue weighted by atomic mass is 10.1.